The third-order valence-corrected chi connectivity index (χ3v) is 3.15. The van der Waals surface area contributed by atoms with E-state index in [2.05, 4.69) is 14.9 Å². The molecule has 6 nitrogen and oxygen atoms in total. The highest BCUT2D eigenvalue weighted by molar-refractivity contribution is 5.47. The standard InChI is InChI=1S/C12H20N4O2/c1-17-8-11-14-10(13)7-12(15-11)16-5-3-9(18-2)4-6-16/h7,9H,3-6,8H2,1-2H3,(H2,13,14,15). The number of hydrogen-bond acceptors (Lipinski definition) is 6. The first-order valence-corrected chi connectivity index (χ1v) is 6.13. The molecular formula is C12H20N4O2. The maximum atomic E-state index is 5.79. The molecule has 0 amide bonds. The minimum absolute atomic E-state index is 0.360. The highest BCUT2D eigenvalue weighted by atomic mass is 16.5. The molecule has 0 aliphatic carbocycles. The molecule has 100 valence electrons. The van der Waals surface area contributed by atoms with E-state index in [1.54, 1.807) is 14.2 Å². The van der Waals surface area contributed by atoms with Gasteiger partial charge in [0.1, 0.15) is 18.2 Å². The lowest BCUT2D eigenvalue weighted by Gasteiger charge is -2.32. The zero-order chi connectivity index (χ0) is 13.0. The Morgan fingerprint density at radius 2 is 2.06 bits per heavy atom. The summed E-state index contributed by atoms with van der Waals surface area (Å²) in [4.78, 5) is 10.8. The van der Waals surface area contributed by atoms with Crippen molar-refractivity contribution >= 4 is 11.6 Å². The van der Waals surface area contributed by atoms with E-state index in [0.29, 0.717) is 24.4 Å². The van der Waals surface area contributed by atoms with E-state index < -0.39 is 0 Å². The lowest BCUT2D eigenvalue weighted by molar-refractivity contribution is 0.0817. The average molecular weight is 252 g/mol. The van der Waals surface area contributed by atoms with E-state index >= 15 is 0 Å². The van der Waals surface area contributed by atoms with Crippen LogP contribution in [0.15, 0.2) is 6.07 Å². The van der Waals surface area contributed by atoms with Crippen LogP contribution in [0.4, 0.5) is 11.6 Å². The molecule has 0 atom stereocenters. The van der Waals surface area contributed by atoms with Crippen molar-refractivity contribution in [2.75, 3.05) is 37.9 Å². The van der Waals surface area contributed by atoms with Crippen LogP contribution < -0.4 is 10.6 Å². The van der Waals surface area contributed by atoms with Crippen LogP contribution in [0.2, 0.25) is 0 Å². The second-order valence-electron chi connectivity index (χ2n) is 4.42. The fourth-order valence-corrected chi connectivity index (χ4v) is 2.18. The summed E-state index contributed by atoms with van der Waals surface area (Å²) in [6.45, 7) is 2.25. The molecule has 6 heteroatoms. The monoisotopic (exact) mass is 252 g/mol. The fourth-order valence-electron chi connectivity index (χ4n) is 2.18. The van der Waals surface area contributed by atoms with Crippen molar-refractivity contribution in [1.82, 2.24) is 9.97 Å². The Morgan fingerprint density at radius 3 is 2.67 bits per heavy atom. The highest BCUT2D eigenvalue weighted by Gasteiger charge is 2.20. The van der Waals surface area contributed by atoms with Gasteiger partial charge in [-0.15, -0.1) is 0 Å². The van der Waals surface area contributed by atoms with E-state index in [-0.39, 0.29) is 0 Å². The van der Waals surface area contributed by atoms with Crippen LogP contribution in [0.1, 0.15) is 18.7 Å². The van der Waals surface area contributed by atoms with Crippen molar-refractivity contribution in [3.05, 3.63) is 11.9 Å². The van der Waals surface area contributed by atoms with Crippen LogP contribution in [0.3, 0.4) is 0 Å². The summed E-state index contributed by atoms with van der Waals surface area (Å²) in [5.41, 5.74) is 5.79. The number of methoxy groups -OCH3 is 2. The van der Waals surface area contributed by atoms with Gasteiger partial charge < -0.3 is 20.1 Å². The number of hydrogen-bond donors (Lipinski definition) is 1. The molecule has 2 N–H and O–H groups in total. The van der Waals surface area contributed by atoms with Gasteiger partial charge in [-0.1, -0.05) is 0 Å². The Morgan fingerprint density at radius 1 is 1.33 bits per heavy atom. The topological polar surface area (TPSA) is 73.5 Å². The first-order valence-electron chi connectivity index (χ1n) is 6.13. The van der Waals surface area contributed by atoms with Crippen molar-refractivity contribution in [3.8, 4) is 0 Å². The molecule has 1 aromatic rings. The molecule has 0 radical (unpaired) electrons. The number of rotatable bonds is 4. The van der Waals surface area contributed by atoms with Crippen molar-refractivity contribution in [1.29, 1.82) is 0 Å². The molecule has 1 aliphatic rings. The van der Waals surface area contributed by atoms with E-state index in [9.17, 15) is 0 Å². The summed E-state index contributed by atoms with van der Waals surface area (Å²) >= 11 is 0. The van der Waals surface area contributed by atoms with Gasteiger partial charge in [0.15, 0.2) is 5.82 Å². The van der Waals surface area contributed by atoms with Crippen molar-refractivity contribution < 1.29 is 9.47 Å². The lowest BCUT2D eigenvalue weighted by Crippen LogP contribution is -2.37. The molecule has 1 aromatic heterocycles. The molecule has 0 saturated carbocycles. The molecule has 1 fully saturated rings. The minimum atomic E-state index is 0.360. The van der Waals surface area contributed by atoms with Gasteiger partial charge in [-0.3, -0.25) is 0 Å². The molecule has 18 heavy (non-hydrogen) atoms. The second-order valence-corrected chi connectivity index (χ2v) is 4.42. The highest BCUT2D eigenvalue weighted by Crippen LogP contribution is 2.20. The molecule has 0 unspecified atom stereocenters. The maximum absolute atomic E-state index is 5.79. The number of anilines is 2. The fraction of sp³-hybridized carbons (Fsp3) is 0.667. The molecule has 0 bridgehead atoms. The number of aromatic nitrogens is 2. The predicted octanol–water partition coefficient (Wildman–Crippen LogP) is 0.820. The normalized spacial score (nSPS) is 17.1. The van der Waals surface area contributed by atoms with Crippen LogP contribution in [0, 0.1) is 0 Å². The zero-order valence-corrected chi connectivity index (χ0v) is 10.9. The summed E-state index contributed by atoms with van der Waals surface area (Å²) in [5.74, 6) is 1.99. The van der Waals surface area contributed by atoms with Gasteiger partial charge in [0, 0.05) is 33.4 Å². The SMILES string of the molecule is COCc1nc(N)cc(N2CCC(OC)CC2)n1. The third-order valence-electron chi connectivity index (χ3n) is 3.15. The smallest absolute Gasteiger partial charge is 0.158 e. The first-order chi connectivity index (χ1) is 8.72. The van der Waals surface area contributed by atoms with Crippen LogP contribution in [0.25, 0.3) is 0 Å². The number of nitrogens with two attached hydrogens (primary N) is 1. The van der Waals surface area contributed by atoms with Crippen LogP contribution in [-0.4, -0.2) is 43.4 Å². The van der Waals surface area contributed by atoms with Gasteiger partial charge in [-0.05, 0) is 12.8 Å². The van der Waals surface area contributed by atoms with E-state index in [1.165, 1.54) is 0 Å². The average Bonchev–Trinajstić information content (AvgIpc) is 2.38. The zero-order valence-electron chi connectivity index (χ0n) is 10.9. The second kappa shape index (κ2) is 5.97. The van der Waals surface area contributed by atoms with E-state index in [1.807, 2.05) is 6.07 Å². The van der Waals surface area contributed by atoms with Crippen LogP contribution in [0.5, 0.6) is 0 Å². The van der Waals surface area contributed by atoms with Crippen molar-refractivity contribution in [3.63, 3.8) is 0 Å². The van der Waals surface area contributed by atoms with Gasteiger partial charge in [0.25, 0.3) is 0 Å². The first kappa shape index (κ1) is 13.0. The van der Waals surface area contributed by atoms with Gasteiger partial charge in [0.05, 0.1) is 6.10 Å². The van der Waals surface area contributed by atoms with E-state index in [0.717, 1.165) is 31.7 Å². The minimum Gasteiger partial charge on any atom is -0.384 e. The summed E-state index contributed by atoms with van der Waals surface area (Å²) in [6, 6.07) is 1.81. The molecule has 0 spiro atoms. The van der Waals surface area contributed by atoms with Gasteiger partial charge in [0.2, 0.25) is 0 Å². The number of piperidine rings is 1. The van der Waals surface area contributed by atoms with Crippen molar-refractivity contribution in [2.45, 2.75) is 25.6 Å². The quantitative estimate of drug-likeness (QED) is 0.855. The van der Waals surface area contributed by atoms with Crippen LogP contribution in [-0.2, 0) is 16.1 Å². The largest absolute Gasteiger partial charge is 0.384 e. The molecule has 2 heterocycles. The maximum Gasteiger partial charge on any atom is 0.158 e. The van der Waals surface area contributed by atoms with Crippen molar-refractivity contribution in [2.24, 2.45) is 0 Å². The van der Waals surface area contributed by atoms with E-state index in [4.69, 9.17) is 15.2 Å². The molecule has 1 aliphatic heterocycles. The Kier molecular flexibility index (Phi) is 4.33. The number of nitrogen functional groups attached to an aromatic ring is 1. The summed E-state index contributed by atoms with van der Waals surface area (Å²) in [5, 5.41) is 0. The predicted molar refractivity (Wildman–Crippen MR) is 69.4 cm³/mol. The number of nitrogens with zero attached hydrogens (tertiary/aromatic N) is 3. The number of ether oxygens (including phenoxy) is 2. The molecular weight excluding hydrogens is 232 g/mol. The molecule has 2 rings (SSSR count). The Labute approximate surface area is 107 Å². The summed E-state index contributed by atoms with van der Waals surface area (Å²) < 4.78 is 10.4. The molecule has 0 aromatic carbocycles. The summed E-state index contributed by atoms with van der Waals surface area (Å²) in [7, 11) is 3.38. The van der Waals surface area contributed by atoms with Crippen LogP contribution >= 0.6 is 0 Å². The lowest BCUT2D eigenvalue weighted by atomic mass is 10.1. The summed E-state index contributed by atoms with van der Waals surface area (Å²) in [6.07, 6.45) is 2.39. The Balaban J connectivity index is 2.08. The van der Waals surface area contributed by atoms with Gasteiger partial charge >= 0.3 is 0 Å². The van der Waals surface area contributed by atoms with Gasteiger partial charge in [-0.2, -0.15) is 0 Å². The third kappa shape index (κ3) is 3.08. The Hall–Kier alpha value is -1.40. The van der Waals surface area contributed by atoms with Gasteiger partial charge in [-0.25, -0.2) is 9.97 Å². The Bertz CT molecular complexity index is 392. The molecule has 1 saturated heterocycles.